The number of aryl methyl sites for hydroxylation is 2. The third kappa shape index (κ3) is 3.72. The lowest BCUT2D eigenvalue weighted by atomic mass is 10.00. The van der Waals surface area contributed by atoms with E-state index in [-0.39, 0.29) is 5.56 Å². The first kappa shape index (κ1) is 16.2. The molecule has 22 heavy (non-hydrogen) atoms. The first-order valence-corrected chi connectivity index (χ1v) is 7.59. The van der Waals surface area contributed by atoms with Crippen LogP contribution in [0.5, 0.6) is 0 Å². The Morgan fingerprint density at radius 2 is 2.09 bits per heavy atom. The van der Waals surface area contributed by atoms with E-state index in [9.17, 15) is 14.3 Å². The third-order valence-corrected chi connectivity index (χ3v) is 3.71. The highest BCUT2D eigenvalue weighted by atomic mass is 19.1. The van der Waals surface area contributed by atoms with E-state index >= 15 is 0 Å². The molecule has 0 spiro atoms. The van der Waals surface area contributed by atoms with E-state index in [1.165, 1.54) is 25.0 Å². The summed E-state index contributed by atoms with van der Waals surface area (Å²) < 4.78 is 15.6. The molecule has 2 rings (SSSR count). The topological polar surface area (TPSA) is 55.1 Å². The van der Waals surface area contributed by atoms with Crippen molar-refractivity contribution in [3.8, 4) is 11.1 Å². The van der Waals surface area contributed by atoms with Gasteiger partial charge in [-0.15, -0.1) is 0 Å². The second-order valence-electron chi connectivity index (χ2n) is 5.50. The molecule has 0 atom stereocenters. The number of carboxylic acids is 1. The molecule has 1 aromatic heterocycles. The smallest absolute Gasteiger partial charge is 0.336 e. The van der Waals surface area contributed by atoms with Crippen molar-refractivity contribution < 1.29 is 14.3 Å². The highest BCUT2D eigenvalue weighted by Gasteiger charge is 2.16. The maximum atomic E-state index is 13.8. The van der Waals surface area contributed by atoms with E-state index in [4.69, 9.17) is 0 Å². The second kappa shape index (κ2) is 7.20. The normalized spacial score (nSPS) is 10.9. The van der Waals surface area contributed by atoms with Crippen LogP contribution in [0.4, 0.5) is 4.39 Å². The number of rotatable bonds is 7. The Labute approximate surface area is 129 Å². The molecule has 1 heterocycles. The Balaban J connectivity index is 2.23. The molecule has 1 aromatic carbocycles. The number of benzene rings is 1. The van der Waals surface area contributed by atoms with Gasteiger partial charge in [0.25, 0.3) is 0 Å². The van der Waals surface area contributed by atoms with Crippen molar-refractivity contribution in [1.82, 2.24) is 9.78 Å². The maximum Gasteiger partial charge on any atom is 0.336 e. The highest BCUT2D eigenvalue weighted by molar-refractivity contribution is 5.96. The van der Waals surface area contributed by atoms with Gasteiger partial charge in [0, 0.05) is 23.9 Å². The Morgan fingerprint density at radius 1 is 1.32 bits per heavy atom. The van der Waals surface area contributed by atoms with Crippen LogP contribution in [0.1, 0.15) is 48.5 Å². The van der Waals surface area contributed by atoms with Gasteiger partial charge >= 0.3 is 5.97 Å². The van der Waals surface area contributed by atoms with Gasteiger partial charge in [0.2, 0.25) is 0 Å². The van der Waals surface area contributed by atoms with Crippen LogP contribution in [-0.2, 0) is 6.54 Å². The zero-order valence-corrected chi connectivity index (χ0v) is 13.0. The van der Waals surface area contributed by atoms with Crippen molar-refractivity contribution >= 4 is 5.97 Å². The second-order valence-corrected chi connectivity index (χ2v) is 5.50. The van der Waals surface area contributed by atoms with Crippen molar-refractivity contribution in [2.45, 2.75) is 46.1 Å². The molecule has 0 fully saturated rings. The molecule has 0 amide bonds. The first-order valence-electron chi connectivity index (χ1n) is 7.59. The lowest BCUT2D eigenvalue weighted by Crippen LogP contribution is -2.02. The monoisotopic (exact) mass is 304 g/mol. The van der Waals surface area contributed by atoms with Crippen molar-refractivity contribution in [2.24, 2.45) is 0 Å². The van der Waals surface area contributed by atoms with Crippen LogP contribution < -0.4 is 0 Å². The van der Waals surface area contributed by atoms with E-state index in [0.717, 1.165) is 19.4 Å². The first-order chi connectivity index (χ1) is 10.5. The molecular formula is C17H21FN2O2. The van der Waals surface area contributed by atoms with Crippen LogP contribution in [0.3, 0.4) is 0 Å². The minimum Gasteiger partial charge on any atom is -0.478 e. The molecule has 5 heteroatoms. The number of unbranched alkanes of at least 4 members (excludes halogenated alkanes) is 3. The Morgan fingerprint density at radius 3 is 2.77 bits per heavy atom. The van der Waals surface area contributed by atoms with Crippen molar-refractivity contribution in [3.63, 3.8) is 0 Å². The molecule has 4 nitrogen and oxygen atoms in total. The van der Waals surface area contributed by atoms with Gasteiger partial charge in [0.1, 0.15) is 5.82 Å². The zero-order chi connectivity index (χ0) is 16.1. The average Bonchev–Trinajstić information content (AvgIpc) is 2.94. The Bertz CT molecular complexity index is 665. The third-order valence-electron chi connectivity index (χ3n) is 3.71. The number of nitrogens with zero attached hydrogens (tertiary/aromatic N) is 2. The summed E-state index contributed by atoms with van der Waals surface area (Å²) in [7, 11) is 0. The number of carbonyl (C=O) groups is 1. The molecule has 0 unspecified atom stereocenters. The summed E-state index contributed by atoms with van der Waals surface area (Å²) in [6, 6.07) is 2.64. The van der Waals surface area contributed by atoms with Gasteiger partial charge in [0.05, 0.1) is 11.8 Å². The summed E-state index contributed by atoms with van der Waals surface area (Å²) in [5.74, 6) is -1.47. The van der Waals surface area contributed by atoms with E-state index < -0.39 is 11.8 Å². The fourth-order valence-electron chi connectivity index (χ4n) is 2.42. The van der Waals surface area contributed by atoms with Gasteiger partial charge in [-0.05, 0) is 31.0 Å². The average molecular weight is 304 g/mol. The quantitative estimate of drug-likeness (QED) is 0.777. The van der Waals surface area contributed by atoms with Gasteiger partial charge in [-0.2, -0.15) is 5.10 Å². The van der Waals surface area contributed by atoms with E-state index in [0.29, 0.717) is 16.7 Å². The maximum absolute atomic E-state index is 13.8. The fraction of sp³-hybridized carbons (Fsp3) is 0.412. The number of halogens is 1. The fourth-order valence-corrected chi connectivity index (χ4v) is 2.42. The van der Waals surface area contributed by atoms with Crippen LogP contribution in [0.25, 0.3) is 11.1 Å². The molecule has 0 aliphatic rings. The number of aromatic carboxylic acids is 1. The van der Waals surface area contributed by atoms with Gasteiger partial charge < -0.3 is 5.11 Å². The van der Waals surface area contributed by atoms with Gasteiger partial charge in [-0.1, -0.05) is 26.2 Å². The Kier molecular flexibility index (Phi) is 5.31. The van der Waals surface area contributed by atoms with Crippen LogP contribution in [0.15, 0.2) is 24.5 Å². The number of hydrogen-bond acceptors (Lipinski definition) is 2. The summed E-state index contributed by atoms with van der Waals surface area (Å²) in [6.07, 6.45) is 7.92. The van der Waals surface area contributed by atoms with Crippen LogP contribution in [0.2, 0.25) is 0 Å². The minimum absolute atomic E-state index is 0.101. The summed E-state index contributed by atoms with van der Waals surface area (Å²) in [6.45, 7) is 4.50. The molecule has 0 aliphatic heterocycles. The standard InChI is InChI=1S/C17H21FN2O2/c1-3-4-5-6-7-20-11-13(10-19-20)14-9-16(18)12(2)8-15(14)17(21)22/h8-11H,3-7H2,1-2H3,(H,21,22). The Hall–Kier alpha value is -2.17. The molecule has 1 N–H and O–H groups in total. The largest absolute Gasteiger partial charge is 0.478 e. The van der Waals surface area contributed by atoms with E-state index in [1.54, 1.807) is 24.0 Å². The SMILES string of the molecule is CCCCCCn1cc(-c2cc(F)c(C)cc2C(=O)O)cn1. The predicted octanol–water partition coefficient (Wildman–Crippen LogP) is 4.28. The molecule has 0 bridgehead atoms. The molecule has 0 radical (unpaired) electrons. The summed E-state index contributed by atoms with van der Waals surface area (Å²) in [5.41, 5.74) is 1.43. The predicted molar refractivity (Wildman–Crippen MR) is 83.5 cm³/mol. The van der Waals surface area contributed by atoms with Crippen molar-refractivity contribution in [1.29, 1.82) is 0 Å². The highest BCUT2D eigenvalue weighted by Crippen LogP contribution is 2.26. The van der Waals surface area contributed by atoms with Gasteiger partial charge in [-0.25, -0.2) is 9.18 Å². The van der Waals surface area contributed by atoms with E-state index in [1.807, 2.05) is 0 Å². The summed E-state index contributed by atoms with van der Waals surface area (Å²) in [5, 5.41) is 13.5. The molecular weight excluding hydrogens is 283 g/mol. The van der Waals surface area contributed by atoms with Gasteiger partial charge in [0.15, 0.2) is 0 Å². The molecule has 0 saturated carbocycles. The molecule has 2 aromatic rings. The minimum atomic E-state index is -1.06. The molecule has 0 aliphatic carbocycles. The summed E-state index contributed by atoms with van der Waals surface area (Å²) in [4.78, 5) is 11.4. The summed E-state index contributed by atoms with van der Waals surface area (Å²) >= 11 is 0. The van der Waals surface area contributed by atoms with E-state index in [2.05, 4.69) is 12.0 Å². The molecule has 118 valence electrons. The van der Waals surface area contributed by atoms with Crippen LogP contribution >= 0.6 is 0 Å². The number of aromatic nitrogens is 2. The van der Waals surface area contributed by atoms with Crippen LogP contribution in [-0.4, -0.2) is 20.9 Å². The van der Waals surface area contributed by atoms with Crippen LogP contribution in [0, 0.1) is 12.7 Å². The van der Waals surface area contributed by atoms with Crippen molar-refractivity contribution in [3.05, 3.63) is 41.5 Å². The number of carboxylic acid groups (broad SMARTS) is 1. The van der Waals surface area contributed by atoms with Gasteiger partial charge in [-0.3, -0.25) is 4.68 Å². The zero-order valence-electron chi connectivity index (χ0n) is 13.0. The number of hydrogen-bond donors (Lipinski definition) is 1. The van der Waals surface area contributed by atoms with Crippen molar-refractivity contribution in [2.75, 3.05) is 0 Å². The lowest BCUT2D eigenvalue weighted by Gasteiger charge is -2.06. The lowest BCUT2D eigenvalue weighted by molar-refractivity contribution is 0.0697. The molecule has 0 saturated heterocycles.